The van der Waals surface area contributed by atoms with Crippen LogP contribution in [0, 0.1) is 0 Å². The Balaban J connectivity index is 1.51. The molecule has 0 saturated heterocycles. The number of benzene rings is 5. The lowest BCUT2D eigenvalue weighted by atomic mass is 9.70. The summed E-state index contributed by atoms with van der Waals surface area (Å²) in [5, 5.41) is 1.35. The van der Waals surface area contributed by atoms with Gasteiger partial charge in [-0.25, -0.2) is 0 Å². The van der Waals surface area contributed by atoms with Crippen LogP contribution in [0.5, 0.6) is 0 Å². The summed E-state index contributed by atoms with van der Waals surface area (Å²) in [6, 6.07) is 43.0. The molecule has 3 aliphatic rings. The van der Waals surface area contributed by atoms with E-state index in [4.69, 9.17) is 0 Å². The second-order valence-electron chi connectivity index (χ2n) is 10.7. The van der Waals surface area contributed by atoms with Gasteiger partial charge in [0, 0.05) is 27.9 Å². The molecule has 1 heteroatoms. The summed E-state index contributed by atoms with van der Waals surface area (Å²) >= 11 is 0. The third-order valence-electron chi connectivity index (χ3n) is 9.08. The molecule has 0 amide bonds. The highest BCUT2D eigenvalue weighted by atomic mass is 15.0. The van der Waals surface area contributed by atoms with Gasteiger partial charge in [-0.1, -0.05) is 115 Å². The van der Waals surface area contributed by atoms with Crippen LogP contribution in [0.2, 0.25) is 0 Å². The Morgan fingerprint density at radius 1 is 0.553 bits per heavy atom. The van der Waals surface area contributed by atoms with Gasteiger partial charge >= 0.3 is 0 Å². The van der Waals surface area contributed by atoms with E-state index in [0.29, 0.717) is 0 Å². The van der Waals surface area contributed by atoms with Crippen molar-refractivity contribution < 1.29 is 0 Å². The lowest BCUT2D eigenvalue weighted by Crippen LogP contribution is -2.25. The highest BCUT2D eigenvalue weighted by Crippen LogP contribution is 2.64. The van der Waals surface area contributed by atoms with E-state index < -0.39 is 0 Å². The molecule has 1 heterocycles. The smallest absolute Gasteiger partial charge is 0.0726 e. The van der Waals surface area contributed by atoms with Crippen molar-refractivity contribution in [1.82, 2.24) is 4.57 Å². The van der Waals surface area contributed by atoms with Gasteiger partial charge in [0.25, 0.3) is 0 Å². The van der Waals surface area contributed by atoms with E-state index in [2.05, 4.69) is 132 Å². The van der Waals surface area contributed by atoms with Crippen molar-refractivity contribution in [1.29, 1.82) is 0 Å². The Kier molecular flexibility index (Phi) is 3.89. The van der Waals surface area contributed by atoms with Crippen molar-refractivity contribution in [2.45, 2.75) is 18.3 Å². The maximum absolute atomic E-state index is 2.57. The van der Waals surface area contributed by atoms with Gasteiger partial charge in [-0.05, 0) is 63.9 Å². The monoisotopic (exact) mass is 483 g/mol. The third kappa shape index (κ3) is 2.29. The van der Waals surface area contributed by atoms with Crippen molar-refractivity contribution in [3.8, 4) is 27.9 Å². The first-order valence-electron chi connectivity index (χ1n) is 13.6. The second-order valence-corrected chi connectivity index (χ2v) is 10.7. The summed E-state index contributed by atoms with van der Waals surface area (Å²) in [7, 11) is 0. The number of nitrogens with zero attached hydrogens (tertiary/aromatic N) is 1. The minimum Gasteiger partial charge on any atom is -0.312 e. The zero-order valence-corrected chi connectivity index (χ0v) is 21.0. The first-order valence-corrected chi connectivity index (χ1v) is 13.6. The molecule has 6 aromatic rings. The molecule has 0 bridgehead atoms. The molecule has 0 fully saturated rings. The molecule has 0 N–H and O–H groups in total. The normalized spacial score (nSPS) is 15.3. The van der Waals surface area contributed by atoms with E-state index in [1.165, 1.54) is 72.4 Å². The van der Waals surface area contributed by atoms with E-state index in [9.17, 15) is 0 Å². The van der Waals surface area contributed by atoms with Gasteiger partial charge in [0.1, 0.15) is 0 Å². The maximum Gasteiger partial charge on any atom is 0.0726 e. The zero-order valence-electron chi connectivity index (χ0n) is 21.0. The highest BCUT2D eigenvalue weighted by Gasteiger charge is 2.52. The van der Waals surface area contributed by atoms with Crippen LogP contribution in [-0.2, 0) is 11.8 Å². The fourth-order valence-electron chi connectivity index (χ4n) is 7.74. The number of para-hydroxylation sites is 1. The summed E-state index contributed by atoms with van der Waals surface area (Å²) in [4.78, 5) is 0. The van der Waals surface area contributed by atoms with Crippen LogP contribution in [0.1, 0.15) is 39.9 Å². The molecule has 1 nitrogen and oxygen atoms in total. The Bertz CT molecular complexity index is 1920. The molecule has 0 radical (unpaired) electrons. The maximum atomic E-state index is 2.57. The molecule has 0 unspecified atom stereocenters. The van der Waals surface area contributed by atoms with Crippen molar-refractivity contribution in [2.75, 3.05) is 0 Å². The lowest BCUT2D eigenvalue weighted by molar-refractivity contribution is 0.794. The minimum atomic E-state index is -0.310. The third-order valence-corrected chi connectivity index (χ3v) is 9.08. The summed E-state index contributed by atoms with van der Waals surface area (Å²) in [5.74, 6) is 0. The van der Waals surface area contributed by atoms with Crippen molar-refractivity contribution in [2.24, 2.45) is 0 Å². The number of rotatable bonds is 1. The van der Waals surface area contributed by atoms with Crippen LogP contribution in [0.15, 0.2) is 121 Å². The number of aromatic nitrogens is 1. The average Bonchev–Trinajstić information content (AvgIpc) is 3.59. The summed E-state index contributed by atoms with van der Waals surface area (Å²) in [6.45, 7) is 0. The Morgan fingerprint density at radius 3 is 1.87 bits per heavy atom. The van der Waals surface area contributed by atoms with E-state index in [1.54, 1.807) is 0 Å². The highest BCUT2D eigenvalue weighted by molar-refractivity contribution is 6.08. The van der Waals surface area contributed by atoms with Gasteiger partial charge in [0.15, 0.2) is 0 Å². The molecule has 5 aromatic carbocycles. The molecule has 3 aliphatic carbocycles. The van der Waals surface area contributed by atoms with Crippen LogP contribution in [0.3, 0.4) is 0 Å². The largest absolute Gasteiger partial charge is 0.312 e. The minimum absolute atomic E-state index is 0.310. The number of fused-ring (bicyclic) bond motifs is 14. The van der Waals surface area contributed by atoms with E-state index >= 15 is 0 Å². The predicted molar refractivity (Wildman–Crippen MR) is 157 cm³/mol. The number of hydrogen-bond acceptors (Lipinski definition) is 0. The first-order chi connectivity index (χ1) is 18.9. The first kappa shape index (κ1) is 20.4. The van der Waals surface area contributed by atoms with Crippen molar-refractivity contribution >= 4 is 17.0 Å². The predicted octanol–water partition coefficient (Wildman–Crippen LogP) is 8.93. The van der Waals surface area contributed by atoms with Crippen LogP contribution in [-0.4, -0.2) is 4.57 Å². The molecule has 0 atom stereocenters. The molecule has 0 saturated carbocycles. The molecule has 1 aromatic heterocycles. The average molecular weight is 484 g/mol. The van der Waals surface area contributed by atoms with Gasteiger partial charge in [0.2, 0.25) is 0 Å². The van der Waals surface area contributed by atoms with Crippen molar-refractivity contribution in [3.05, 3.63) is 155 Å². The molecule has 1 spiro atoms. The van der Waals surface area contributed by atoms with Crippen molar-refractivity contribution in [3.63, 3.8) is 0 Å². The van der Waals surface area contributed by atoms with Crippen LogP contribution in [0.25, 0.3) is 44.9 Å². The number of hydrogen-bond donors (Lipinski definition) is 0. The van der Waals surface area contributed by atoms with E-state index in [1.807, 2.05) is 0 Å². The lowest BCUT2D eigenvalue weighted by Gasteiger charge is -2.30. The fourth-order valence-corrected chi connectivity index (χ4v) is 7.74. The number of allylic oxidation sites excluding steroid dienone is 1. The molecular formula is C37H25N. The molecular weight excluding hydrogens is 458 g/mol. The summed E-state index contributed by atoms with van der Waals surface area (Å²) in [6.07, 6.45) is 6.83. The molecule has 9 rings (SSSR count). The van der Waals surface area contributed by atoms with Crippen LogP contribution < -0.4 is 0 Å². The summed E-state index contributed by atoms with van der Waals surface area (Å²) in [5.41, 5.74) is 16.1. The van der Waals surface area contributed by atoms with Gasteiger partial charge in [-0.3, -0.25) is 0 Å². The van der Waals surface area contributed by atoms with Gasteiger partial charge < -0.3 is 4.57 Å². The van der Waals surface area contributed by atoms with Gasteiger partial charge in [-0.2, -0.15) is 0 Å². The van der Waals surface area contributed by atoms with Crippen LogP contribution in [0.4, 0.5) is 0 Å². The van der Waals surface area contributed by atoms with Gasteiger partial charge in [0.05, 0.1) is 10.9 Å². The van der Waals surface area contributed by atoms with E-state index in [0.717, 1.165) is 12.8 Å². The molecule has 38 heavy (non-hydrogen) atoms. The quantitative estimate of drug-likeness (QED) is 0.220. The Morgan fingerprint density at radius 2 is 1.16 bits per heavy atom. The Hall–Kier alpha value is -4.62. The fraction of sp³-hybridized carbons (Fsp3) is 0.0811. The van der Waals surface area contributed by atoms with Crippen LogP contribution >= 0.6 is 0 Å². The standard InChI is InChI=1S/C37H25N/c1-2-12-24(13-3-1)38-34-21-11-7-16-27(34)28-22-23-33-35(36(28)38)29-17-6-10-20-32(29)37(33)30-18-8-4-14-25(30)26-15-5-9-19-31(26)37/h1-10,12-20,22-23H,11,21H2. The van der Waals surface area contributed by atoms with E-state index in [-0.39, 0.29) is 5.41 Å². The SMILES string of the molecule is C1=Cc2c(n(-c3ccccc3)c3c4c(ccc23)C2(c3ccccc3-c3ccccc32)c2ccccc2-4)CC1. The van der Waals surface area contributed by atoms with Gasteiger partial charge in [-0.15, -0.1) is 0 Å². The summed E-state index contributed by atoms with van der Waals surface area (Å²) < 4.78 is 2.57. The molecule has 178 valence electrons. The zero-order chi connectivity index (χ0) is 24.8. The Labute approximate surface area is 222 Å². The second kappa shape index (κ2) is 7.24. The topological polar surface area (TPSA) is 4.93 Å². The molecule has 0 aliphatic heterocycles.